The molecule has 0 aromatic heterocycles. The predicted octanol–water partition coefficient (Wildman–Crippen LogP) is 5.23. The number of halogens is 2. The molecule has 0 fully saturated rings. The molecule has 0 bridgehead atoms. The molecule has 0 spiro atoms. The molecule has 2 rings (SSSR count). The van der Waals surface area contributed by atoms with Gasteiger partial charge < -0.3 is 9.47 Å². The van der Waals surface area contributed by atoms with E-state index in [9.17, 15) is 0 Å². The first-order valence-electron chi connectivity index (χ1n) is 6.45. The zero-order valence-electron chi connectivity index (χ0n) is 11.8. The molecule has 0 heterocycles. The summed E-state index contributed by atoms with van der Waals surface area (Å²) in [4.78, 5) is 0. The minimum absolute atomic E-state index is 0.410. The highest BCUT2D eigenvalue weighted by molar-refractivity contribution is 9.10. The van der Waals surface area contributed by atoms with Crippen LogP contribution in [-0.2, 0) is 6.61 Å². The van der Waals surface area contributed by atoms with E-state index in [0.717, 1.165) is 15.6 Å². The molecule has 0 saturated carbocycles. The second kappa shape index (κ2) is 7.88. The standard InChI is InChI=1S/C17H13BrClNO2/c1-21-16-9-13(3-2-8-20)15(18)10-17(16)22-11-12-4-6-14(19)7-5-12/h2-7,9-10H,11H2,1H3. The van der Waals surface area contributed by atoms with Gasteiger partial charge in [-0.05, 0) is 41.5 Å². The molecule has 0 aliphatic rings. The molecule has 0 amide bonds. The van der Waals surface area contributed by atoms with Crippen LogP contribution in [0.15, 0.2) is 46.9 Å². The van der Waals surface area contributed by atoms with E-state index >= 15 is 0 Å². The SMILES string of the molecule is COc1cc(C=CC#N)c(Br)cc1OCc1ccc(Cl)cc1. The highest BCUT2D eigenvalue weighted by Gasteiger charge is 2.09. The van der Waals surface area contributed by atoms with Gasteiger partial charge in [0.05, 0.1) is 13.2 Å². The summed E-state index contributed by atoms with van der Waals surface area (Å²) in [7, 11) is 1.58. The molecule has 0 unspecified atom stereocenters. The lowest BCUT2D eigenvalue weighted by Crippen LogP contribution is -1.98. The molecule has 0 aliphatic heterocycles. The van der Waals surface area contributed by atoms with Gasteiger partial charge in [-0.1, -0.05) is 39.7 Å². The molecule has 0 radical (unpaired) electrons. The quantitative estimate of drug-likeness (QED) is 0.669. The van der Waals surface area contributed by atoms with Gasteiger partial charge in [0.25, 0.3) is 0 Å². The van der Waals surface area contributed by atoms with E-state index in [1.807, 2.05) is 42.5 Å². The average molecular weight is 379 g/mol. The van der Waals surface area contributed by atoms with Crippen molar-refractivity contribution in [2.75, 3.05) is 7.11 Å². The van der Waals surface area contributed by atoms with Gasteiger partial charge in [-0.3, -0.25) is 0 Å². The van der Waals surface area contributed by atoms with E-state index in [0.29, 0.717) is 23.1 Å². The van der Waals surface area contributed by atoms with Crippen molar-refractivity contribution in [2.24, 2.45) is 0 Å². The van der Waals surface area contributed by atoms with Crippen LogP contribution in [0.1, 0.15) is 11.1 Å². The third-order valence-corrected chi connectivity index (χ3v) is 3.87. The summed E-state index contributed by atoms with van der Waals surface area (Å²) in [6.45, 7) is 0.410. The number of hydrogen-bond acceptors (Lipinski definition) is 3. The fourth-order valence-electron chi connectivity index (χ4n) is 1.82. The second-order valence-electron chi connectivity index (χ2n) is 4.40. The van der Waals surface area contributed by atoms with Crippen molar-refractivity contribution >= 4 is 33.6 Å². The van der Waals surface area contributed by atoms with Crippen molar-refractivity contribution in [3.05, 3.63) is 63.1 Å². The van der Waals surface area contributed by atoms with Gasteiger partial charge >= 0.3 is 0 Å². The van der Waals surface area contributed by atoms with Gasteiger partial charge in [-0.2, -0.15) is 5.26 Å². The van der Waals surface area contributed by atoms with Crippen molar-refractivity contribution in [1.82, 2.24) is 0 Å². The van der Waals surface area contributed by atoms with Crippen LogP contribution in [0.4, 0.5) is 0 Å². The molecule has 0 N–H and O–H groups in total. The molecular weight excluding hydrogens is 366 g/mol. The van der Waals surface area contributed by atoms with E-state index in [4.69, 9.17) is 26.3 Å². The second-order valence-corrected chi connectivity index (χ2v) is 5.69. The van der Waals surface area contributed by atoms with Crippen LogP contribution in [0.25, 0.3) is 6.08 Å². The van der Waals surface area contributed by atoms with Gasteiger partial charge in [0.2, 0.25) is 0 Å². The Morgan fingerprint density at radius 2 is 1.95 bits per heavy atom. The Kier molecular flexibility index (Phi) is 5.88. The lowest BCUT2D eigenvalue weighted by Gasteiger charge is -2.13. The lowest BCUT2D eigenvalue weighted by molar-refractivity contribution is 0.284. The summed E-state index contributed by atoms with van der Waals surface area (Å²) in [5.74, 6) is 1.23. The van der Waals surface area contributed by atoms with E-state index in [2.05, 4.69) is 15.9 Å². The summed E-state index contributed by atoms with van der Waals surface area (Å²) in [5, 5.41) is 9.30. The topological polar surface area (TPSA) is 42.2 Å². The van der Waals surface area contributed by atoms with Crippen LogP contribution < -0.4 is 9.47 Å². The number of nitriles is 1. The van der Waals surface area contributed by atoms with Crippen LogP contribution in [0.5, 0.6) is 11.5 Å². The van der Waals surface area contributed by atoms with E-state index in [1.54, 1.807) is 13.2 Å². The third kappa shape index (κ3) is 4.27. The van der Waals surface area contributed by atoms with Crippen molar-refractivity contribution < 1.29 is 9.47 Å². The molecule has 0 saturated heterocycles. The highest BCUT2D eigenvalue weighted by Crippen LogP contribution is 2.34. The lowest BCUT2D eigenvalue weighted by atomic mass is 10.2. The zero-order chi connectivity index (χ0) is 15.9. The Hall–Kier alpha value is -1.96. The molecule has 5 heteroatoms. The minimum atomic E-state index is 0.410. The first kappa shape index (κ1) is 16.4. The Balaban J connectivity index is 2.20. The van der Waals surface area contributed by atoms with Crippen LogP contribution in [-0.4, -0.2) is 7.11 Å². The molecule has 0 aliphatic carbocycles. The van der Waals surface area contributed by atoms with Gasteiger partial charge in [-0.25, -0.2) is 0 Å². The maximum atomic E-state index is 8.61. The first-order chi connectivity index (χ1) is 10.6. The molecule has 112 valence electrons. The third-order valence-electron chi connectivity index (χ3n) is 2.93. The fourth-order valence-corrected chi connectivity index (χ4v) is 2.40. The monoisotopic (exact) mass is 377 g/mol. The molecule has 2 aromatic carbocycles. The number of allylic oxidation sites excluding steroid dienone is 1. The van der Waals surface area contributed by atoms with Crippen LogP contribution >= 0.6 is 27.5 Å². The average Bonchev–Trinajstić information content (AvgIpc) is 2.53. The number of ether oxygens (including phenoxy) is 2. The van der Waals surface area contributed by atoms with Crippen molar-refractivity contribution in [1.29, 1.82) is 5.26 Å². The summed E-state index contributed by atoms with van der Waals surface area (Å²) in [6, 6.07) is 13.1. The van der Waals surface area contributed by atoms with E-state index in [1.165, 1.54) is 6.08 Å². The number of hydrogen-bond donors (Lipinski definition) is 0. The summed E-state index contributed by atoms with van der Waals surface area (Å²) in [5.41, 5.74) is 1.85. The van der Waals surface area contributed by atoms with Crippen molar-refractivity contribution in [3.8, 4) is 17.6 Å². The summed E-state index contributed by atoms with van der Waals surface area (Å²) < 4.78 is 12.0. The molecule has 0 atom stereocenters. The van der Waals surface area contributed by atoms with Crippen molar-refractivity contribution in [3.63, 3.8) is 0 Å². The maximum absolute atomic E-state index is 8.61. The number of nitrogens with zero attached hydrogens (tertiary/aromatic N) is 1. The van der Waals surface area contributed by atoms with E-state index < -0.39 is 0 Å². The zero-order valence-corrected chi connectivity index (χ0v) is 14.2. The largest absolute Gasteiger partial charge is 0.493 e. The number of rotatable bonds is 5. The van der Waals surface area contributed by atoms with Gasteiger partial charge in [0.1, 0.15) is 6.61 Å². The molecule has 2 aromatic rings. The highest BCUT2D eigenvalue weighted by atomic mass is 79.9. The van der Waals surface area contributed by atoms with Crippen LogP contribution in [0, 0.1) is 11.3 Å². The Bertz CT molecular complexity index is 721. The number of methoxy groups -OCH3 is 1. The van der Waals surface area contributed by atoms with Gasteiger partial charge in [0.15, 0.2) is 11.5 Å². The van der Waals surface area contributed by atoms with Gasteiger partial charge in [-0.15, -0.1) is 0 Å². The Labute approximate surface area is 142 Å². The first-order valence-corrected chi connectivity index (χ1v) is 7.62. The fraction of sp³-hybridized carbons (Fsp3) is 0.118. The van der Waals surface area contributed by atoms with Crippen molar-refractivity contribution in [2.45, 2.75) is 6.61 Å². The van der Waals surface area contributed by atoms with Crippen LogP contribution in [0.3, 0.4) is 0 Å². The summed E-state index contributed by atoms with van der Waals surface area (Å²) >= 11 is 9.32. The smallest absolute Gasteiger partial charge is 0.162 e. The molecular formula is C17H13BrClNO2. The van der Waals surface area contributed by atoms with E-state index in [-0.39, 0.29) is 0 Å². The number of benzene rings is 2. The minimum Gasteiger partial charge on any atom is -0.493 e. The van der Waals surface area contributed by atoms with Crippen LogP contribution in [0.2, 0.25) is 5.02 Å². The predicted molar refractivity (Wildman–Crippen MR) is 91.1 cm³/mol. The normalized spacial score (nSPS) is 10.5. The Morgan fingerprint density at radius 1 is 1.23 bits per heavy atom. The van der Waals surface area contributed by atoms with Gasteiger partial charge in [0, 0.05) is 15.6 Å². The molecule has 3 nitrogen and oxygen atoms in total. The maximum Gasteiger partial charge on any atom is 0.162 e. The Morgan fingerprint density at radius 3 is 2.59 bits per heavy atom. The summed E-state index contributed by atoms with van der Waals surface area (Å²) in [6.07, 6.45) is 3.11. The molecule has 22 heavy (non-hydrogen) atoms.